The Morgan fingerprint density at radius 1 is 1.03 bits per heavy atom. The second kappa shape index (κ2) is 25.3. The first kappa shape index (κ1) is 55.8. The largest absolute Gasteiger partial charge is 0.514 e. The van der Waals surface area contributed by atoms with Gasteiger partial charge in [0.15, 0.2) is 5.79 Å². The van der Waals surface area contributed by atoms with Crippen LogP contribution in [0.3, 0.4) is 0 Å². The molecule has 0 spiro atoms. The van der Waals surface area contributed by atoms with Gasteiger partial charge >= 0.3 is 18.2 Å². The number of hydrogen-bond donors (Lipinski definition) is 3. The number of hydrazine groups is 1. The molecule has 1 unspecified atom stereocenters. The molecule has 0 saturated carbocycles. The zero-order valence-electron chi connectivity index (χ0n) is 41.6. The molecule has 18 heteroatoms. The second-order valence-electron chi connectivity index (χ2n) is 19.5. The number of allylic oxidation sites excluding steroid dienone is 2. The van der Waals surface area contributed by atoms with Gasteiger partial charge in [0.2, 0.25) is 5.91 Å². The number of esters is 1. The van der Waals surface area contributed by atoms with Gasteiger partial charge < -0.3 is 38.8 Å². The third kappa shape index (κ3) is 15.4. The number of nitrogens with one attached hydrogen (secondary N) is 2. The Balaban J connectivity index is 1.48. The fraction of sp³-hybridized carbons (Fsp3) is 0.538. The van der Waals surface area contributed by atoms with Gasteiger partial charge in [-0.15, -0.1) is 0 Å². The first-order valence-corrected chi connectivity index (χ1v) is 25.0. The summed E-state index contributed by atoms with van der Waals surface area (Å²) < 4.78 is 36.3. The number of ether oxygens (including phenoxy) is 6. The van der Waals surface area contributed by atoms with E-state index >= 15 is 9.59 Å². The van der Waals surface area contributed by atoms with E-state index in [1.165, 1.54) is 24.3 Å². The molecule has 3 N–H and O–H groups in total. The average Bonchev–Trinajstić information content (AvgIpc) is 3.32. The van der Waals surface area contributed by atoms with Crippen LogP contribution in [0.2, 0.25) is 0 Å². The van der Waals surface area contributed by atoms with Crippen molar-refractivity contribution in [1.82, 2.24) is 20.7 Å². The number of methoxy groups -OCH3 is 1. The van der Waals surface area contributed by atoms with Gasteiger partial charge in [-0.3, -0.25) is 24.2 Å². The van der Waals surface area contributed by atoms with Gasteiger partial charge in [0.05, 0.1) is 31.3 Å². The van der Waals surface area contributed by atoms with Crippen molar-refractivity contribution in [3.8, 4) is 5.75 Å². The third-order valence-corrected chi connectivity index (χ3v) is 13.4. The predicted octanol–water partition coefficient (Wildman–Crippen LogP) is 7.63. The molecule has 3 saturated heterocycles. The van der Waals surface area contributed by atoms with E-state index in [1.807, 2.05) is 49.2 Å². The molecule has 0 aliphatic carbocycles. The van der Waals surface area contributed by atoms with Crippen LogP contribution in [0, 0.1) is 17.8 Å². The Morgan fingerprint density at radius 2 is 1.74 bits per heavy atom. The summed E-state index contributed by atoms with van der Waals surface area (Å²) in [5.41, 5.74) is 3.95. The van der Waals surface area contributed by atoms with Crippen molar-refractivity contribution in [1.29, 1.82) is 0 Å². The quantitative estimate of drug-likeness (QED) is 0.0458. The maximum absolute atomic E-state index is 15.4. The smallest absolute Gasteiger partial charge is 0.468 e. The summed E-state index contributed by atoms with van der Waals surface area (Å²) in [7, 11) is 1.24. The number of amides is 4. The van der Waals surface area contributed by atoms with Crippen molar-refractivity contribution < 1.29 is 62.3 Å². The van der Waals surface area contributed by atoms with Crippen molar-refractivity contribution in [3.05, 3.63) is 99.7 Å². The highest BCUT2D eigenvalue weighted by Gasteiger charge is 2.52. The number of nitrogens with zero attached hydrogens (tertiary/aromatic N) is 2. The van der Waals surface area contributed by atoms with Crippen LogP contribution in [0.5, 0.6) is 5.75 Å². The van der Waals surface area contributed by atoms with Crippen LogP contribution in [0.25, 0.3) is 0 Å². The average molecular weight is 1090 g/mol. The summed E-state index contributed by atoms with van der Waals surface area (Å²) in [4.78, 5) is 85.9. The Kier molecular flexibility index (Phi) is 20.2. The van der Waals surface area contributed by atoms with E-state index in [0.717, 1.165) is 10.5 Å². The van der Waals surface area contributed by atoms with Gasteiger partial charge in [-0.25, -0.2) is 19.9 Å². The second-order valence-corrected chi connectivity index (χ2v) is 20.1. The number of aliphatic hydroxyl groups is 1. The van der Waals surface area contributed by atoms with Crippen molar-refractivity contribution >= 4 is 58.5 Å². The molecule has 0 aromatic heterocycles. The molecule has 3 fully saturated rings. The Hall–Kier alpha value is -5.15. The maximum atomic E-state index is 15.4. The van der Waals surface area contributed by atoms with Gasteiger partial charge in [0.25, 0.3) is 11.8 Å². The molecule has 17 nitrogen and oxygen atoms in total. The molecule has 4 amide bonds. The zero-order chi connectivity index (χ0) is 51.3. The van der Waals surface area contributed by atoms with E-state index in [9.17, 15) is 24.3 Å². The molecule has 2 bridgehead atoms. The number of carbonyl (C=O) groups excluding carboxylic acids is 6. The van der Waals surface area contributed by atoms with Gasteiger partial charge in [-0.2, -0.15) is 0 Å². The van der Waals surface area contributed by atoms with Crippen LogP contribution in [-0.4, -0.2) is 112 Å². The summed E-state index contributed by atoms with van der Waals surface area (Å²) in [6.07, 6.45) is 5.38. The zero-order valence-corrected chi connectivity index (χ0v) is 43.7. The lowest BCUT2D eigenvalue weighted by atomic mass is 9.79. The molecule has 3 heterocycles. The highest BCUT2D eigenvalue weighted by molar-refractivity contribution is 14.1. The monoisotopic (exact) mass is 1080 g/mol. The van der Waals surface area contributed by atoms with Gasteiger partial charge in [-0.05, 0) is 99.1 Å². The van der Waals surface area contributed by atoms with E-state index < -0.39 is 95.6 Å². The molecule has 0 radical (unpaired) electrons. The minimum atomic E-state index is -1.62. The topological polar surface area (TPSA) is 209 Å². The highest BCUT2D eigenvalue weighted by atomic mass is 127. The van der Waals surface area contributed by atoms with Crippen LogP contribution in [0.15, 0.2) is 88.6 Å². The van der Waals surface area contributed by atoms with E-state index in [0.29, 0.717) is 43.2 Å². The fourth-order valence-electron chi connectivity index (χ4n) is 8.50. The number of aliphatic hydroxyl groups excluding tert-OH is 1. The van der Waals surface area contributed by atoms with Crippen LogP contribution >= 0.6 is 22.6 Å². The molecule has 5 rings (SSSR count). The van der Waals surface area contributed by atoms with E-state index in [1.54, 1.807) is 77.1 Å². The normalized spacial score (nSPS) is 24.1. The standard InChI is InChI=1S/C52H69IN4O13/c1-32(2)43(54-45(59)38-25-26-52(8)68-42(34(4)44(38)69-52)24-15-11-14-23-41(58)33(3)30-53)47(61)57(49(63)66-31-35-18-12-10-13-19-35)40(46(60)56-27-17-22-39(55-56)48(62)65-9)29-36-20-16-21-37(28-36)67-50(64)70-51(5,6)7/h10-16,18-21,24,28,30,32,34,38-44,55,58H,17,22-23,25-27,29,31H2,1-9H3,(H,54,59)/b14-11+,24-15+,33-30+/t34-,38+,39-,40-,41-,42-,43-,44+,52?/m0/s1. The van der Waals surface area contributed by atoms with Crippen molar-refractivity contribution in [3.63, 3.8) is 0 Å². The third-order valence-electron chi connectivity index (χ3n) is 12.4. The Labute approximate surface area is 424 Å². The van der Waals surface area contributed by atoms with Crippen LogP contribution in [-0.2, 0) is 55.9 Å². The number of fused-ring (bicyclic) bond motifs is 2. The van der Waals surface area contributed by atoms with E-state index in [4.69, 9.17) is 28.4 Å². The predicted molar refractivity (Wildman–Crippen MR) is 268 cm³/mol. The molecule has 382 valence electrons. The van der Waals surface area contributed by atoms with E-state index in [2.05, 4.69) is 33.3 Å². The lowest BCUT2D eigenvalue weighted by Gasteiger charge is -2.51. The maximum Gasteiger partial charge on any atom is 0.514 e. The lowest BCUT2D eigenvalue weighted by Crippen LogP contribution is -2.65. The first-order valence-electron chi connectivity index (χ1n) is 23.8. The molecule has 2 aromatic rings. The summed E-state index contributed by atoms with van der Waals surface area (Å²) in [5.74, 6) is -5.27. The molecule has 3 aliphatic heterocycles. The number of imide groups is 1. The number of carbonyl (C=O) groups is 6. The Bertz CT molecular complexity index is 2250. The van der Waals surface area contributed by atoms with Crippen molar-refractivity contribution in [2.24, 2.45) is 17.8 Å². The van der Waals surface area contributed by atoms with Crippen molar-refractivity contribution in [2.45, 2.75) is 148 Å². The first-order chi connectivity index (χ1) is 33.1. The summed E-state index contributed by atoms with van der Waals surface area (Å²) in [6.45, 7) is 14.0. The minimum Gasteiger partial charge on any atom is -0.468 e. The molecule has 70 heavy (non-hydrogen) atoms. The molecular formula is C52H69IN4O13. The summed E-state index contributed by atoms with van der Waals surface area (Å²) in [6, 6.07) is 11.2. The lowest BCUT2D eigenvalue weighted by molar-refractivity contribution is -0.344. The summed E-state index contributed by atoms with van der Waals surface area (Å²) >= 11 is 2.10. The SMILES string of the molecule is COC(=O)[C@@H]1CCCN(C(=O)[C@H](Cc2cccc(OC(=O)OC(C)(C)C)c2)N(C(=O)OCc2ccccc2)C(=O)[C@@H](NC(=O)[C@@H]2CCC3(C)O[C@@H]2[C@@H](C)[C@H](/C=C/C=C/C[C@H](O)/C(C)=C/I)O3)C(C)C)N1. The van der Waals surface area contributed by atoms with E-state index in [-0.39, 0.29) is 31.2 Å². The highest BCUT2D eigenvalue weighted by Crippen LogP contribution is 2.44. The molecule has 9 atom stereocenters. The molecular weight excluding hydrogens is 1020 g/mol. The van der Waals surface area contributed by atoms with Crippen molar-refractivity contribution in [2.75, 3.05) is 13.7 Å². The molecule has 3 aliphatic rings. The van der Waals surface area contributed by atoms with Crippen LogP contribution in [0.1, 0.15) is 98.6 Å². The van der Waals surface area contributed by atoms with Crippen LogP contribution in [0.4, 0.5) is 9.59 Å². The number of hydrogen-bond acceptors (Lipinski definition) is 14. The van der Waals surface area contributed by atoms with Gasteiger partial charge in [-0.1, -0.05) is 110 Å². The van der Waals surface area contributed by atoms with Gasteiger partial charge in [0, 0.05) is 25.3 Å². The minimum absolute atomic E-state index is 0.0775. The fourth-order valence-corrected chi connectivity index (χ4v) is 8.92. The number of benzene rings is 2. The molecule has 2 aromatic carbocycles. The van der Waals surface area contributed by atoms with Gasteiger partial charge in [0.1, 0.15) is 36.1 Å². The van der Waals surface area contributed by atoms with Crippen LogP contribution < -0.4 is 15.5 Å². The number of rotatable bonds is 17. The number of halogens is 1. The summed E-state index contributed by atoms with van der Waals surface area (Å²) in [5, 5.41) is 14.5. The Morgan fingerprint density at radius 3 is 2.41 bits per heavy atom.